The molecule has 4 amide bonds. The molecule has 4 rings (SSSR count). The number of urea groups is 1. The smallest absolute Gasteiger partial charge is 0.392 e. The molecule has 47 heavy (non-hydrogen) atoms. The number of halogens is 4. The molecule has 0 saturated carbocycles. The lowest BCUT2D eigenvalue weighted by Crippen LogP contribution is -2.67. The summed E-state index contributed by atoms with van der Waals surface area (Å²) in [7, 11) is 0. The van der Waals surface area contributed by atoms with Crippen molar-refractivity contribution in [2.45, 2.75) is 83.6 Å². The van der Waals surface area contributed by atoms with E-state index in [1.165, 1.54) is 24.3 Å². The fourth-order valence-corrected chi connectivity index (χ4v) is 6.24. The van der Waals surface area contributed by atoms with E-state index in [9.17, 15) is 31.9 Å². The Morgan fingerprint density at radius 1 is 1.00 bits per heavy atom. The molecule has 0 aliphatic heterocycles. The summed E-state index contributed by atoms with van der Waals surface area (Å²) < 4.78 is 55.9. The summed E-state index contributed by atoms with van der Waals surface area (Å²) in [5, 5.41) is 11.1. The Labute approximate surface area is 275 Å². The number of para-hydroxylation sites is 2. The topological polar surface area (TPSA) is 141 Å². The van der Waals surface area contributed by atoms with E-state index in [1.54, 1.807) is 19.1 Å². The first-order chi connectivity index (χ1) is 22.1. The molecule has 1 aromatic heterocycles. The van der Waals surface area contributed by atoms with Crippen LogP contribution in [0, 0.1) is 17.7 Å². The van der Waals surface area contributed by atoms with Crippen LogP contribution >= 0.6 is 12.2 Å². The number of alkyl halides is 3. The minimum absolute atomic E-state index is 0.0327. The number of hydrogen-bond acceptors (Lipinski definition) is 4. The van der Waals surface area contributed by atoms with Gasteiger partial charge in [0.2, 0.25) is 11.8 Å². The SMILES string of the molecule is CCC(C)[C@H](NC(=O)Nc1ccccc1F)C(=O)N[C@]1(C(=O)N[C@H](C(N)=S)C(C)CC)CCc2[nH]c3c(C(F)(F)F)cccc3c2C1. The minimum atomic E-state index is -4.62. The maximum atomic E-state index is 14.3. The lowest BCUT2D eigenvalue weighted by Gasteiger charge is -2.40. The van der Waals surface area contributed by atoms with Gasteiger partial charge in [-0.2, -0.15) is 13.2 Å². The van der Waals surface area contributed by atoms with Crippen molar-refractivity contribution in [3.8, 4) is 0 Å². The van der Waals surface area contributed by atoms with E-state index in [2.05, 4.69) is 26.3 Å². The molecule has 1 aliphatic carbocycles. The van der Waals surface area contributed by atoms with Crippen molar-refractivity contribution in [3.05, 3.63) is 65.1 Å². The minimum Gasteiger partial charge on any atom is -0.392 e. The van der Waals surface area contributed by atoms with Gasteiger partial charge in [-0.1, -0.05) is 77.0 Å². The third-order valence-electron chi connectivity index (χ3n) is 9.12. The fraction of sp³-hybridized carbons (Fsp3) is 0.455. The summed E-state index contributed by atoms with van der Waals surface area (Å²) in [6, 6.07) is 6.69. The van der Waals surface area contributed by atoms with Gasteiger partial charge in [-0.15, -0.1) is 0 Å². The number of carbonyl (C=O) groups is 3. The van der Waals surface area contributed by atoms with Crippen LogP contribution in [0.1, 0.15) is 63.8 Å². The predicted octanol–water partition coefficient (Wildman–Crippen LogP) is 5.72. The lowest BCUT2D eigenvalue weighted by molar-refractivity contribution is -0.136. The zero-order valence-electron chi connectivity index (χ0n) is 26.6. The van der Waals surface area contributed by atoms with Crippen molar-refractivity contribution >= 4 is 51.6 Å². The van der Waals surface area contributed by atoms with Crippen LogP contribution in [0.5, 0.6) is 0 Å². The second kappa shape index (κ2) is 14.3. The Morgan fingerprint density at radius 3 is 2.28 bits per heavy atom. The summed E-state index contributed by atoms with van der Waals surface area (Å²) in [5.41, 5.74) is 4.33. The van der Waals surface area contributed by atoms with Gasteiger partial charge in [-0.05, 0) is 48.4 Å². The zero-order valence-corrected chi connectivity index (χ0v) is 27.4. The number of H-pyrrole nitrogens is 1. The number of nitrogens with one attached hydrogen (secondary N) is 5. The molecule has 5 atom stereocenters. The normalized spacial score (nSPS) is 18.7. The van der Waals surface area contributed by atoms with Gasteiger partial charge < -0.3 is 32.0 Å². The molecule has 14 heteroatoms. The molecule has 0 spiro atoms. The molecule has 1 aliphatic rings. The summed E-state index contributed by atoms with van der Waals surface area (Å²) >= 11 is 5.25. The summed E-state index contributed by atoms with van der Waals surface area (Å²) in [6.07, 6.45) is -3.49. The number of thiocarbonyl (C=S) groups is 1. The number of rotatable bonds is 11. The van der Waals surface area contributed by atoms with E-state index in [0.29, 0.717) is 24.1 Å². The lowest BCUT2D eigenvalue weighted by atomic mass is 9.78. The number of aromatic amines is 1. The van der Waals surface area contributed by atoms with Crippen LogP contribution in [0.4, 0.5) is 28.0 Å². The molecular weight excluding hydrogens is 636 g/mol. The molecule has 0 saturated heterocycles. The maximum Gasteiger partial charge on any atom is 0.418 e. The predicted molar refractivity (Wildman–Crippen MR) is 176 cm³/mol. The molecule has 9 nitrogen and oxygen atoms in total. The largest absolute Gasteiger partial charge is 0.418 e. The van der Waals surface area contributed by atoms with Gasteiger partial charge in [0.25, 0.3) is 0 Å². The van der Waals surface area contributed by atoms with Crippen LogP contribution in [0.15, 0.2) is 42.5 Å². The standard InChI is InChI=1S/C33H40F4N6O3S/c1-5-17(3)25(28(38)47)41-30(45)32(15-14-23-20(16-32)19-10-9-11-21(27(19)39-23)33(35,36)37)43-29(44)26(18(4)6-2)42-31(46)40-24-13-8-7-12-22(24)34/h7-13,17-18,25-26,39H,5-6,14-16H2,1-4H3,(H2,38,47)(H,41,45)(H,43,44)(H2,40,42,46)/t17?,18?,25-,26-,32+/m0/s1. The third kappa shape index (κ3) is 7.69. The van der Waals surface area contributed by atoms with Gasteiger partial charge in [0.05, 0.1) is 27.8 Å². The number of amides is 4. The van der Waals surface area contributed by atoms with Crippen LogP contribution in [0.2, 0.25) is 0 Å². The molecule has 3 aromatic rings. The number of aryl methyl sites for hydroxylation is 1. The number of aromatic nitrogens is 1. The van der Waals surface area contributed by atoms with Crippen LogP contribution in [-0.2, 0) is 28.6 Å². The number of fused-ring (bicyclic) bond motifs is 3. The van der Waals surface area contributed by atoms with Crippen LogP contribution < -0.4 is 27.0 Å². The highest BCUT2D eigenvalue weighted by Crippen LogP contribution is 2.40. The average molecular weight is 677 g/mol. The van der Waals surface area contributed by atoms with E-state index in [1.807, 2.05) is 20.8 Å². The second-order valence-electron chi connectivity index (χ2n) is 12.2. The molecule has 0 fully saturated rings. The Balaban J connectivity index is 1.72. The number of benzene rings is 2. The first kappa shape index (κ1) is 35.7. The monoisotopic (exact) mass is 676 g/mol. The average Bonchev–Trinajstić information content (AvgIpc) is 3.39. The zero-order chi connectivity index (χ0) is 34.7. The molecule has 0 bridgehead atoms. The summed E-state index contributed by atoms with van der Waals surface area (Å²) in [5.74, 6) is -2.53. The Bertz CT molecular complexity index is 1660. The Kier molecular flexibility index (Phi) is 10.8. The Hall–Kier alpha value is -4.20. The highest BCUT2D eigenvalue weighted by atomic mass is 32.1. The van der Waals surface area contributed by atoms with Gasteiger partial charge >= 0.3 is 12.2 Å². The number of anilines is 1. The number of nitrogens with two attached hydrogens (primary N) is 1. The fourth-order valence-electron chi connectivity index (χ4n) is 5.95. The molecule has 7 N–H and O–H groups in total. The van der Waals surface area contributed by atoms with Crippen LogP contribution in [-0.4, -0.2) is 45.4 Å². The molecule has 2 aromatic carbocycles. The second-order valence-corrected chi connectivity index (χ2v) is 12.7. The van der Waals surface area contributed by atoms with Crippen molar-refractivity contribution in [2.24, 2.45) is 17.6 Å². The van der Waals surface area contributed by atoms with Gasteiger partial charge in [0.1, 0.15) is 17.4 Å². The van der Waals surface area contributed by atoms with Gasteiger partial charge in [0.15, 0.2) is 0 Å². The van der Waals surface area contributed by atoms with Gasteiger partial charge in [-0.3, -0.25) is 9.59 Å². The summed E-state index contributed by atoms with van der Waals surface area (Å²) in [4.78, 5) is 44.3. The van der Waals surface area contributed by atoms with Gasteiger partial charge in [0, 0.05) is 17.5 Å². The first-order valence-electron chi connectivity index (χ1n) is 15.6. The first-order valence-corrected chi connectivity index (χ1v) is 16.0. The summed E-state index contributed by atoms with van der Waals surface area (Å²) in [6.45, 7) is 7.33. The van der Waals surface area contributed by atoms with Crippen molar-refractivity contribution in [3.63, 3.8) is 0 Å². The van der Waals surface area contributed by atoms with E-state index < -0.39 is 58.9 Å². The van der Waals surface area contributed by atoms with Crippen LogP contribution in [0.3, 0.4) is 0 Å². The molecule has 254 valence electrons. The molecule has 0 radical (unpaired) electrons. The Morgan fingerprint density at radius 2 is 1.66 bits per heavy atom. The maximum absolute atomic E-state index is 14.3. The number of hydrogen-bond donors (Lipinski definition) is 6. The molecule has 2 unspecified atom stereocenters. The van der Waals surface area contributed by atoms with Crippen molar-refractivity contribution in [1.82, 2.24) is 20.9 Å². The van der Waals surface area contributed by atoms with E-state index in [0.717, 1.165) is 6.07 Å². The van der Waals surface area contributed by atoms with Crippen molar-refractivity contribution < 1.29 is 31.9 Å². The van der Waals surface area contributed by atoms with Crippen molar-refractivity contribution in [2.75, 3.05) is 5.32 Å². The molecular formula is C33H40F4N6O3S. The van der Waals surface area contributed by atoms with E-state index >= 15 is 0 Å². The third-order valence-corrected chi connectivity index (χ3v) is 9.38. The highest BCUT2D eigenvalue weighted by Gasteiger charge is 2.47. The number of carbonyl (C=O) groups excluding carboxylic acids is 3. The molecule has 1 heterocycles. The van der Waals surface area contributed by atoms with Crippen molar-refractivity contribution in [1.29, 1.82) is 0 Å². The van der Waals surface area contributed by atoms with Crippen LogP contribution in [0.25, 0.3) is 10.9 Å². The van der Waals surface area contributed by atoms with E-state index in [4.69, 9.17) is 18.0 Å². The van der Waals surface area contributed by atoms with Gasteiger partial charge in [-0.25, -0.2) is 9.18 Å². The quantitative estimate of drug-likeness (QED) is 0.114. The van der Waals surface area contributed by atoms with E-state index in [-0.39, 0.29) is 46.8 Å². The highest BCUT2D eigenvalue weighted by molar-refractivity contribution is 7.80.